The fraction of sp³-hybridized carbons (Fsp3) is 0.250. The Morgan fingerprint density at radius 1 is 1.12 bits per heavy atom. The molecule has 4 aromatic rings. The Morgan fingerprint density at radius 3 is 2.67 bits per heavy atom. The molecule has 0 saturated carbocycles. The number of sulfone groups is 1. The van der Waals surface area contributed by atoms with E-state index in [0.29, 0.717) is 16.9 Å². The van der Waals surface area contributed by atoms with Gasteiger partial charge in [0.2, 0.25) is 5.91 Å². The Kier molecular flexibility index (Phi) is 5.77. The molecule has 0 aliphatic carbocycles. The predicted molar refractivity (Wildman–Crippen MR) is 131 cm³/mol. The van der Waals surface area contributed by atoms with Gasteiger partial charge < -0.3 is 5.32 Å². The summed E-state index contributed by atoms with van der Waals surface area (Å²) in [4.78, 5) is 16.9. The molecule has 0 spiro atoms. The minimum atomic E-state index is -3.33. The van der Waals surface area contributed by atoms with Crippen LogP contribution in [0.5, 0.6) is 0 Å². The summed E-state index contributed by atoms with van der Waals surface area (Å²) in [6, 6.07) is 16.0. The average Bonchev–Trinajstić information content (AvgIpc) is 3.56. The van der Waals surface area contributed by atoms with Gasteiger partial charge in [0.25, 0.3) is 0 Å². The van der Waals surface area contributed by atoms with Crippen LogP contribution in [0.2, 0.25) is 0 Å². The van der Waals surface area contributed by atoms with Crippen molar-refractivity contribution in [2.75, 3.05) is 24.7 Å². The van der Waals surface area contributed by atoms with E-state index in [9.17, 15) is 13.2 Å². The molecule has 7 nitrogen and oxygen atoms in total. The van der Waals surface area contributed by atoms with Gasteiger partial charge in [-0.2, -0.15) is 5.10 Å². The number of nitrogens with one attached hydrogen (secondary N) is 2. The first-order chi connectivity index (χ1) is 15.9. The van der Waals surface area contributed by atoms with Crippen LogP contribution in [-0.2, 0) is 14.6 Å². The number of rotatable bonds is 6. The predicted octanol–water partition coefficient (Wildman–Crippen LogP) is 4.47. The largest absolute Gasteiger partial charge is 0.324 e. The van der Waals surface area contributed by atoms with E-state index in [-0.39, 0.29) is 16.8 Å². The molecule has 1 unspecified atom stereocenters. The van der Waals surface area contributed by atoms with Gasteiger partial charge in [-0.05, 0) is 67.7 Å². The Bertz CT molecular complexity index is 1400. The average molecular weight is 481 g/mol. The Balaban J connectivity index is 1.47. The molecule has 2 N–H and O–H groups in total. The highest BCUT2D eigenvalue weighted by atomic mass is 32.2. The molecule has 1 amide bonds. The van der Waals surface area contributed by atoms with E-state index in [1.165, 1.54) is 6.26 Å². The quantitative estimate of drug-likeness (QED) is 0.425. The third-order valence-corrected chi connectivity index (χ3v) is 7.97. The van der Waals surface area contributed by atoms with E-state index in [1.807, 2.05) is 41.8 Å². The zero-order valence-electron chi connectivity index (χ0n) is 18.1. The van der Waals surface area contributed by atoms with Crippen LogP contribution in [-0.4, -0.2) is 48.8 Å². The van der Waals surface area contributed by atoms with Crippen molar-refractivity contribution >= 4 is 43.7 Å². The molecule has 5 rings (SSSR count). The number of H-pyrrole nitrogens is 1. The smallest absolute Gasteiger partial charge is 0.247 e. The zero-order valence-corrected chi connectivity index (χ0v) is 19.7. The second kappa shape index (κ2) is 8.74. The number of hydrogen-bond donors (Lipinski definition) is 2. The lowest BCUT2D eigenvalue weighted by molar-refractivity contribution is -0.121. The molecule has 1 aliphatic heterocycles. The van der Waals surface area contributed by atoms with Crippen molar-refractivity contribution in [3.05, 3.63) is 64.9 Å². The summed E-state index contributed by atoms with van der Waals surface area (Å²) in [7, 11) is -3.33. The van der Waals surface area contributed by atoms with Gasteiger partial charge >= 0.3 is 0 Å². The second-order valence-electron chi connectivity index (χ2n) is 8.28. The lowest BCUT2D eigenvalue weighted by atomic mass is 10.1. The highest BCUT2D eigenvalue weighted by Gasteiger charge is 2.30. The number of benzene rings is 2. The van der Waals surface area contributed by atoms with Gasteiger partial charge in [-0.3, -0.25) is 14.8 Å². The van der Waals surface area contributed by atoms with Gasteiger partial charge in [0.15, 0.2) is 9.84 Å². The number of likely N-dealkylation sites (tertiary alicyclic amines) is 1. The molecule has 0 radical (unpaired) electrons. The SMILES string of the molecule is CS(=O)(=O)c1cccc(-c2n[nH]c3ccc(NC(=O)C(c4cccs4)N4CCCC4)cc23)c1. The Morgan fingerprint density at radius 2 is 1.94 bits per heavy atom. The summed E-state index contributed by atoms with van der Waals surface area (Å²) in [5, 5.41) is 13.3. The van der Waals surface area contributed by atoms with Crippen molar-refractivity contribution in [3.63, 3.8) is 0 Å². The molecule has 170 valence electrons. The Labute approximate surface area is 196 Å². The molecule has 1 saturated heterocycles. The van der Waals surface area contributed by atoms with Crippen LogP contribution < -0.4 is 5.32 Å². The molecule has 1 aliphatic rings. The molecule has 2 aromatic carbocycles. The van der Waals surface area contributed by atoms with Gasteiger partial charge in [0.05, 0.1) is 10.4 Å². The summed E-state index contributed by atoms with van der Waals surface area (Å²) in [6.45, 7) is 1.83. The van der Waals surface area contributed by atoms with Crippen molar-refractivity contribution in [2.45, 2.75) is 23.8 Å². The lowest BCUT2D eigenvalue weighted by Gasteiger charge is -2.25. The summed E-state index contributed by atoms with van der Waals surface area (Å²) in [5.74, 6) is -0.0529. The topological polar surface area (TPSA) is 95.2 Å². The number of thiophene rings is 1. The van der Waals surface area contributed by atoms with E-state index >= 15 is 0 Å². The van der Waals surface area contributed by atoms with Gasteiger partial charge in [-0.25, -0.2) is 8.42 Å². The number of carbonyl (C=O) groups is 1. The van der Waals surface area contributed by atoms with Crippen molar-refractivity contribution in [1.29, 1.82) is 0 Å². The molecule has 1 atom stereocenters. The first kappa shape index (κ1) is 21.8. The molecule has 0 bridgehead atoms. The van der Waals surface area contributed by atoms with E-state index in [4.69, 9.17) is 0 Å². The van der Waals surface area contributed by atoms with Crippen LogP contribution in [0.3, 0.4) is 0 Å². The first-order valence-corrected chi connectivity index (χ1v) is 13.5. The Hall–Kier alpha value is -3.01. The van der Waals surface area contributed by atoms with Crippen LogP contribution >= 0.6 is 11.3 Å². The van der Waals surface area contributed by atoms with Crippen LogP contribution in [0.25, 0.3) is 22.2 Å². The standard InChI is InChI=1S/C24H24N4O3S2/c1-33(30,31)18-7-4-6-16(14-18)22-19-15-17(9-10-20(19)26-27-22)25-24(29)23(21-8-5-13-32-21)28-11-2-3-12-28/h4-10,13-15,23H,2-3,11-12H2,1H3,(H,25,29)(H,26,27). The number of fused-ring (bicyclic) bond motifs is 1. The van der Waals surface area contributed by atoms with Crippen LogP contribution in [0.15, 0.2) is 64.9 Å². The number of anilines is 1. The molecule has 1 fully saturated rings. The second-order valence-corrected chi connectivity index (χ2v) is 11.3. The highest BCUT2D eigenvalue weighted by Crippen LogP contribution is 2.32. The molecule has 33 heavy (non-hydrogen) atoms. The third kappa shape index (κ3) is 4.44. The van der Waals surface area contributed by atoms with Crippen LogP contribution in [0, 0.1) is 0 Å². The fourth-order valence-corrected chi connectivity index (χ4v) is 5.84. The molecule has 3 heterocycles. The fourth-order valence-electron chi connectivity index (χ4n) is 4.32. The molecule has 9 heteroatoms. The van der Waals surface area contributed by atoms with Gasteiger partial charge in [0.1, 0.15) is 11.7 Å². The number of carbonyl (C=O) groups excluding carboxylic acids is 1. The number of amides is 1. The van der Waals surface area contributed by atoms with Gasteiger partial charge in [0, 0.05) is 27.8 Å². The molecule has 2 aromatic heterocycles. The number of aromatic nitrogens is 2. The van der Waals surface area contributed by atoms with E-state index in [2.05, 4.69) is 20.4 Å². The summed E-state index contributed by atoms with van der Waals surface area (Å²) < 4.78 is 24.0. The maximum atomic E-state index is 13.3. The van der Waals surface area contributed by atoms with E-state index < -0.39 is 9.84 Å². The van der Waals surface area contributed by atoms with Crippen molar-refractivity contribution in [1.82, 2.24) is 15.1 Å². The number of hydrogen-bond acceptors (Lipinski definition) is 6. The monoisotopic (exact) mass is 480 g/mol. The van der Waals surface area contributed by atoms with Crippen LogP contribution in [0.4, 0.5) is 5.69 Å². The van der Waals surface area contributed by atoms with Crippen LogP contribution in [0.1, 0.15) is 23.8 Å². The first-order valence-electron chi connectivity index (χ1n) is 10.8. The zero-order chi connectivity index (χ0) is 23.0. The summed E-state index contributed by atoms with van der Waals surface area (Å²) in [6.07, 6.45) is 3.39. The van der Waals surface area contributed by atoms with Crippen molar-refractivity contribution in [2.24, 2.45) is 0 Å². The maximum Gasteiger partial charge on any atom is 0.247 e. The van der Waals surface area contributed by atoms with Crippen molar-refractivity contribution < 1.29 is 13.2 Å². The van der Waals surface area contributed by atoms with E-state index in [1.54, 1.807) is 29.5 Å². The number of aromatic amines is 1. The minimum Gasteiger partial charge on any atom is -0.324 e. The van der Waals surface area contributed by atoms with Gasteiger partial charge in [-0.15, -0.1) is 11.3 Å². The summed E-state index contributed by atoms with van der Waals surface area (Å²) >= 11 is 1.60. The minimum absolute atomic E-state index is 0.0529. The normalized spacial score (nSPS) is 15.7. The van der Waals surface area contributed by atoms with Crippen molar-refractivity contribution in [3.8, 4) is 11.3 Å². The lowest BCUT2D eigenvalue weighted by Crippen LogP contribution is -2.35. The maximum absolute atomic E-state index is 13.3. The molecular weight excluding hydrogens is 456 g/mol. The molecular formula is C24H24N4O3S2. The summed E-state index contributed by atoms with van der Waals surface area (Å²) in [5.41, 5.74) is 2.82. The third-order valence-electron chi connectivity index (χ3n) is 5.93. The number of nitrogens with zero attached hydrogens (tertiary/aromatic N) is 2. The van der Waals surface area contributed by atoms with E-state index in [0.717, 1.165) is 41.7 Å². The highest BCUT2D eigenvalue weighted by molar-refractivity contribution is 7.90. The van der Waals surface area contributed by atoms with Gasteiger partial charge in [-0.1, -0.05) is 18.2 Å².